The quantitative estimate of drug-likeness (QED) is 0.569. The van der Waals surface area contributed by atoms with Crippen molar-refractivity contribution in [2.75, 3.05) is 12.3 Å². The summed E-state index contributed by atoms with van der Waals surface area (Å²) < 4.78 is 1.90. The largest absolute Gasteiger partial charge is 0.384 e. The van der Waals surface area contributed by atoms with Crippen LogP contribution in [0.3, 0.4) is 0 Å². The van der Waals surface area contributed by atoms with Crippen molar-refractivity contribution in [3.8, 4) is 11.4 Å². The van der Waals surface area contributed by atoms with Gasteiger partial charge in [-0.05, 0) is 63.6 Å². The first-order valence-electron chi connectivity index (χ1n) is 11.2. The van der Waals surface area contributed by atoms with E-state index in [0.29, 0.717) is 35.8 Å². The van der Waals surface area contributed by atoms with E-state index in [1.807, 2.05) is 34.9 Å². The first kappa shape index (κ1) is 20.7. The van der Waals surface area contributed by atoms with Crippen molar-refractivity contribution in [1.29, 1.82) is 0 Å². The lowest BCUT2D eigenvalue weighted by Crippen LogP contribution is -2.44. The molecular weight excluding hydrogens is 374 g/mol. The predicted octanol–water partition coefficient (Wildman–Crippen LogP) is 4.41. The van der Waals surface area contributed by atoms with Gasteiger partial charge in [0.2, 0.25) is 0 Å². The summed E-state index contributed by atoms with van der Waals surface area (Å²) in [5, 5.41) is 1.04. The standard InChI is InChI=1S/C24H33N5O/c1-17-9-8-10-18(2)28(17)13-6-3-7-14-29-21-12-5-4-11-19(21)15-20(24(29)30)23-26-16-22(25)27-23/h4-5,11-12,15-18H,3,6-10,13-14,25H2,1-2H3,(H,26,27)/t17-,18+. The maximum atomic E-state index is 13.2. The van der Waals surface area contributed by atoms with Crippen molar-refractivity contribution in [2.45, 2.75) is 71.0 Å². The molecule has 3 aromatic rings. The Bertz CT molecular complexity index is 1040. The second kappa shape index (κ2) is 9.04. The molecule has 0 amide bonds. The molecule has 1 saturated heterocycles. The van der Waals surface area contributed by atoms with E-state index in [9.17, 15) is 4.79 Å². The summed E-state index contributed by atoms with van der Waals surface area (Å²) in [6, 6.07) is 11.3. The number of fused-ring (bicyclic) bond motifs is 1. The number of likely N-dealkylation sites (tertiary alicyclic amines) is 1. The molecule has 0 aliphatic carbocycles. The van der Waals surface area contributed by atoms with Crippen LogP contribution in [0.1, 0.15) is 52.4 Å². The Morgan fingerprint density at radius 3 is 2.57 bits per heavy atom. The minimum Gasteiger partial charge on any atom is -0.384 e. The highest BCUT2D eigenvalue weighted by Gasteiger charge is 2.23. The number of anilines is 1. The third kappa shape index (κ3) is 4.29. The van der Waals surface area contributed by atoms with Gasteiger partial charge in [0.1, 0.15) is 11.6 Å². The van der Waals surface area contributed by atoms with Crippen molar-refractivity contribution in [3.63, 3.8) is 0 Å². The third-order valence-corrected chi connectivity index (χ3v) is 6.53. The molecule has 6 nitrogen and oxygen atoms in total. The number of nitrogens with one attached hydrogen (secondary N) is 1. The molecule has 0 radical (unpaired) electrons. The van der Waals surface area contributed by atoms with E-state index in [2.05, 4.69) is 28.7 Å². The number of aromatic nitrogens is 3. The molecule has 0 unspecified atom stereocenters. The van der Waals surface area contributed by atoms with Crippen LogP contribution in [0, 0.1) is 0 Å². The van der Waals surface area contributed by atoms with Crippen LogP contribution in [0.25, 0.3) is 22.3 Å². The number of H-pyrrole nitrogens is 1. The summed E-state index contributed by atoms with van der Waals surface area (Å²) in [5.41, 5.74) is 7.31. The van der Waals surface area contributed by atoms with Gasteiger partial charge >= 0.3 is 0 Å². The molecule has 3 N–H and O–H groups in total. The van der Waals surface area contributed by atoms with Gasteiger partial charge in [-0.25, -0.2) is 4.98 Å². The molecule has 3 heterocycles. The molecular formula is C24H33N5O. The van der Waals surface area contributed by atoms with E-state index in [4.69, 9.17) is 5.73 Å². The van der Waals surface area contributed by atoms with Gasteiger partial charge in [-0.1, -0.05) is 31.0 Å². The number of pyridine rings is 1. The third-order valence-electron chi connectivity index (χ3n) is 6.53. The molecule has 1 aromatic carbocycles. The summed E-state index contributed by atoms with van der Waals surface area (Å²) in [5.74, 6) is 0.996. The number of para-hydroxylation sites is 1. The number of unbranched alkanes of at least 4 members (excludes halogenated alkanes) is 2. The van der Waals surface area contributed by atoms with Gasteiger partial charge in [0.25, 0.3) is 5.56 Å². The van der Waals surface area contributed by atoms with Gasteiger partial charge in [-0.3, -0.25) is 9.69 Å². The van der Waals surface area contributed by atoms with Crippen molar-refractivity contribution in [3.05, 3.63) is 46.9 Å². The van der Waals surface area contributed by atoms with Crippen molar-refractivity contribution in [1.82, 2.24) is 19.4 Å². The second-order valence-electron chi connectivity index (χ2n) is 8.69. The Kier molecular flexibility index (Phi) is 6.23. The van der Waals surface area contributed by atoms with E-state index in [0.717, 1.165) is 30.3 Å². The van der Waals surface area contributed by atoms with Crippen LogP contribution in [-0.2, 0) is 6.54 Å². The molecule has 1 fully saturated rings. The number of aromatic amines is 1. The molecule has 1 aliphatic rings. The predicted molar refractivity (Wildman–Crippen MR) is 124 cm³/mol. The zero-order chi connectivity index (χ0) is 21.1. The molecule has 6 heteroatoms. The number of nitrogen functional groups attached to an aromatic ring is 1. The lowest BCUT2D eigenvalue weighted by molar-refractivity contribution is 0.101. The fourth-order valence-electron chi connectivity index (χ4n) is 4.85. The summed E-state index contributed by atoms with van der Waals surface area (Å²) in [6.45, 7) is 6.58. The number of piperidine rings is 1. The summed E-state index contributed by atoms with van der Waals surface area (Å²) in [4.78, 5) is 23.2. The molecule has 2 atom stereocenters. The van der Waals surface area contributed by atoms with Crippen molar-refractivity contribution < 1.29 is 0 Å². The maximum absolute atomic E-state index is 13.2. The first-order chi connectivity index (χ1) is 14.5. The number of aryl methyl sites for hydroxylation is 1. The number of hydrogen-bond acceptors (Lipinski definition) is 4. The average Bonchev–Trinajstić information content (AvgIpc) is 3.16. The van der Waals surface area contributed by atoms with Gasteiger partial charge < -0.3 is 15.3 Å². The molecule has 30 heavy (non-hydrogen) atoms. The maximum Gasteiger partial charge on any atom is 0.262 e. The Hall–Kier alpha value is -2.60. The van der Waals surface area contributed by atoms with Gasteiger partial charge in [0, 0.05) is 18.6 Å². The average molecular weight is 408 g/mol. The number of hydrogen-bond donors (Lipinski definition) is 2. The van der Waals surface area contributed by atoms with Crippen LogP contribution >= 0.6 is 0 Å². The Morgan fingerprint density at radius 1 is 1.10 bits per heavy atom. The summed E-state index contributed by atoms with van der Waals surface area (Å²) >= 11 is 0. The molecule has 0 bridgehead atoms. The Balaban J connectivity index is 1.47. The minimum absolute atomic E-state index is 0.0127. The molecule has 2 aromatic heterocycles. The SMILES string of the molecule is C[C@@H]1CCC[C@H](C)N1CCCCCn1c(=O)c(-c2ncc(N)[nH]2)cc2ccccc21. The molecule has 0 spiro atoms. The number of imidazole rings is 1. The Labute approximate surface area is 178 Å². The number of nitrogens with two attached hydrogens (primary N) is 1. The highest BCUT2D eigenvalue weighted by atomic mass is 16.1. The van der Waals surface area contributed by atoms with Crippen molar-refractivity contribution >= 4 is 16.7 Å². The van der Waals surface area contributed by atoms with Crippen LogP contribution < -0.4 is 11.3 Å². The second-order valence-corrected chi connectivity index (χ2v) is 8.69. The summed E-state index contributed by atoms with van der Waals surface area (Å²) in [7, 11) is 0. The zero-order valence-electron chi connectivity index (χ0n) is 18.1. The van der Waals surface area contributed by atoms with Crippen LogP contribution in [0.5, 0.6) is 0 Å². The van der Waals surface area contributed by atoms with E-state index in [-0.39, 0.29) is 5.56 Å². The molecule has 0 saturated carbocycles. The van der Waals surface area contributed by atoms with Crippen LogP contribution in [0.4, 0.5) is 5.82 Å². The topological polar surface area (TPSA) is 79.9 Å². The summed E-state index contributed by atoms with van der Waals surface area (Å²) in [6.07, 6.45) is 8.82. The molecule has 1 aliphatic heterocycles. The van der Waals surface area contributed by atoms with Crippen LogP contribution in [0.2, 0.25) is 0 Å². The van der Waals surface area contributed by atoms with E-state index < -0.39 is 0 Å². The molecule has 160 valence electrons. The van der Waals surface area contributed by atoms with E-state index in [1.54, 1.807) is 6.20 Å². The van der Waals surface area contributed by atoms with E-state index in [1.165, 1.54) is 25.7 Å². The van der Waals surface area contributed by atoms with Crippen LogP contribution in [-0.4, -0.2) is 38.1 Å². The van der Waals surface area contributed by atoms with Gasteiger partial charge in [-0.2, -0.15) is 0 Å². The monoisotopic (exact) mass is 407 g/mol. The Morgan fingerprint density at radius 2 is 1.83 bits per heavy atom. The van der Waals surface area contributed by atoms with Crippen molar-refractivity contribution in [2.24, 2.45) is 0 Å². The fraction of sp³-hybridized carbons (Fsp3) is 0.500. The highest BCUT2D eigenvalue weighted by Crippen LogP contribution is 2.23. The number of nitrogens with zero attached hydrogens (tertiary/aromatic N) is 3. The lowest BCUT2D eigenvalue weighted by atomic mass is 9.97. The van der Waals surface area contributed by atoms with Crippen LogP contribution in [0.15, 0.2) is 41.3 Å². The van der Waals surface area contributed by atoms with Gasteiger partial charge in [-0.15, -0.1) is 0 Å². The number of benzene rings is 1. The zero-order valence-corrected chi connectivity index (χ0v) is 18.1. The number of rotatable bonds is 7. The first-order valence-corrected chi connectivity index (χ1v) is 11.2. The van der Waals surface area contributed by atoms with Gasteiger partial charge in [0.05, 0.1) is 17.3 Å². The van der Waals surface area contributed by atoms with Gasteiger partial charge in [0.15, 0.2) is 0 Å². The lowest BCUT2D eigenvalue weighted by Gasteiger charge is -2.39. The fourth-order valence-corrected chi connectivity index (χ4v) is 4.85. The van der Waals surface area contributed by atoms with E-state index >= 15 is 0 Å². The highest BCUT2D eigenvalue weighted by molar-refractivity contribution is 5.83. The minimum atomic E-state index is -0.0127. The smallest absolute Gasteiger partial charge is 0.262 e. The molecule has 4 rings (SSSR count). The normalized spacial score (nSPS) is 20.1.